The number of rotatable bonds is 3. The highest BCUT2D eigenvalue weighted by Gasteiger charge is 2.47. The number of carbonyl (C=O) groups excluding carboxylic acids is 2. The van der Waals surface area contributed by atoms with E-state index in [-0.39, 0.29) is 40.6 Å². The van der Waals surface area contributed by atoms with Gasteiger partial charge < -0.3 is 4.90 Å². The van der Waals surface area contributed by atoms with E-state index < -0.39 is 0 Å². The normalized spacial score (nSPS) is 27.1. The average Bonchev–Trinajstić information content (AvgIpc) is 2.49. The van der Waals surface area contributed by atoms with Crippen LogP contribution in [0.5, 0.6) is 0 Å². The zero-order valence-electron chi connectivity index (χ0n) is 10.6. The van der Waals surface area contributed by atoms with E-state index >= 15 is 0 Å². The van der Waals surface area contributed by atoms with Crippen molar-refractivity contribution in [1.29, 1.82) is 0 Å². The van der Waals surface area contributed by atoms with Crippen molar-refractivity contribution in [3.8, 4) is 0 Å². The van der Waals surface area contributed by atoms with Gasteiger partial charge in [-0.15, -0.1) is 17.0 Å². The van der Waals surface area contributed by atoms with Crippen molar-refractivity contribution < 1.29 is 9.59 Å². The molecule has 18 heavy (non-hydrogen) atoms. The number of halogens is 2. The van der Waals surface area contributed by atoms with Crippen molar-refractivity contribution in [1.82, 2.24) is 9.80 Å². The molecule has 0 radical (unpaired) electrons. The van der Waals surface area contributed by atoms with Crippen LogP contribution in [0.2, 0.25) is 0 Å². The monoisotopic (exact) mass is 336 g/mol. The van der Waals surface area contributed by atoms with Crippen LogP contribution < -0.4 is 0 Å². The van der Waals surface area contributed by atoms with Crippen LogP contribution in [0.1, 0.15) is 12.8 Å². The zero-order valence-corrected chi connectivity index (χ0v) is 13.0. The predicted octanol–water partition coefficient (Wildman–Crippen LogP) is 1.64. The van der Waals surface area contributed by atoms with E-state index in [0.29, 0.717) is 31.0 Å². The van der Waals surface area contributed by atoms with Crippen molar-refractivity contribution >= 4 is 40.4 Å². The van der Waals surface area contributed by atoms with Gasteiger partial charge >= 0.3 is 0 Å². The smallest absolute Gasteiger partial charge is 0.233 e. The third kappa shape index (κ3) is 2.95. The van der Waals surface area contributed by atoms with Crippen LogP contribution in [0.3, 0.4) is 0 Å². The number of hydrogen-bond donors (Lipinski definition) is 0. The minimum atomic E-state index is -0.220. The molecule has 1 saturated heterocycles. The third-order valence-corrected chi connectivity index (χ3v) is 3.74. The minimum Gasteiger partial charge on any atom is -0.308 e. The standard InChI is InChI=1S/C12H17ClN2O2.BrH/c1-14(2)5-6-15-11(16)9-4-3-8(13)7-10(9)12(15)17;/h3,9-10H,4-7H2,1-2H3;1H. The van der Waals surface area contributed by atoms with Gasteiger partial charge in [-0.2, -0.15) is 0 Å². The van der Waals surface area contributed by atoms with Crippen LogP contribution in [0.4, 0.5) is 0 Å². The first-order chi connectivity index (χ1) is 8.00. The molecule has 2 atom stereocenters. The van der Waals surface area contributed by atoms with Gasteiger partial charge in [0.15, 0.2) is 0 Å². The number of amides is 2. The Morgan fingerprint density at radius 1 is 1.33 bits per heavy atom. The molecule has 2 amide bonds. The van der Waals surface area contributed by atoms with E-state index in [1.807, 2.05) is 25.1 Å². The van der Waals surface area contributed by atoms with E-state index in [2.05, 4.69) is 0 Å². The maximum atomic E-state index is 12.1. The highest BCUT2D eigenvalue weighted by molar-refractivity contribution is 8.93. The van der Waals surface area contributed by atoms with Gasteiger partial charge in [0.1, 0.15) is 0 Å². The van der Waals surface area contributed by atoms with Crippen LogP contribution in [0.15, 0.2) is 11.1 Å². The van der Waals surface area contributed by atoms with Gasteiger partial charge in [-0.3, -0.25) is 14.5 Å². The first-order valence-corrected chi connectivity index (χ1v) is 6.23. The molecule has 0 aromatic carbocycles. The third-order valence-electron chi connectivity index (χ3n) is 3.43. The minimum absolute atomic E-state index is 0. The molecule has 2 rings (SSSR count). The summed E-state index contributed by atoms with van der Waals surface area (Å²) in [5.41, 5.74) is 0. The lowest BCUT2D eigenvalue weighted by molar-refractivity contribution is -0.140. The molecule has 0 aromatic heterocycles. The lowest BCUT2D eigenvalue weighted by atomic mass is 9.85. The maximum absolute atomic E-state index is 12.1. The second-order valence-corrected chi connectivity index (χ2v) is 5.42. The Bertz CT molecular complexity index is 384. The number of fused-ring (bicyclic) bond motifs is 1. The first kappa shape index (κ1) is 15.7. The summed E-state index contributed by atoms with van der Waals surface area (Å²) in [6.07, 6.45) is 2.99. The second kappa shape index (κ2) is 6.17. The Morgan fingerprint density at radius 3 is 2.56 bits per heavy atom. The van der Waals surface area contributed by atoms with Crippen LogP contribution in [0, 0.1) is 11.8 Å². The molecule has 1 aliphatic carbocycles. The Morgan fingerprint density at radius 2 is 1.94 bits per heavy atom. The molecule has 0 spiro atoms. The van der Waals surface area contributed by atoms with Gasteiger partial charge in [0.2, 0.25) is 11.8 Å². The van der Waals surface area contributed by atoms with Crippen LogP contribution in [0.25, 0.3) is 0 Å². The maximum Gasteiger partial charge on any atom is 0.233 e. The SMILES string of the molecule is Br.CN(C)CCN1C(=O)C2CC=C(Cl)CC2C1=O. The van der Waals surface area contributed by atoms with E-state index in [1.54, 1.807) is 0 Å². The van der Waals surface area contributed by atoms with Gasteiger partial charge in [0, 0.05) is 18.1 Å². The van der Waals surface area contributed by atoms with E-state index in [9.17, 15) is 9.59 Å². The summed E-state index contributed by atoms with van der Waals surface area (Å²) >= 11 is 5.94. The molecule has 0 aromatic rings. The average molecular weight is 338 g/mol. The summed E-state index contributed by atoms with van der Waals surface area (Å²) in [6, 6.07) is 0. The van der Waals surface area contributed by atoms with Crippen LogP contribution in [-0.4, -0.2) is 48.8 Å². The molecule has 0 saturated carbocycles. The van der Waals surface area contributed by atoms with Crippen molar-refractivity contribution in [2.75, 3.05) is 27.2 Å². The summed E-state index contributed by atoms with van der Waals surface area (Å²) in [5.74, 6) is -0.468. The summed E-state index contributed by atoms with van der Waals surface area (Å²) in [5, 5.41) is 0.710. The largest absolute Gasteiger partial charge is 0.308 e. The highest BCUT2D eigenvalue weighted by atomic mass is 79.9. The number of allylic oxidation sites excluding steroid dienone is 2. The molecule has 1 fully saturated rings. The van der Waals surface area contributed by atoms with Crippen LogP contribution >= 0.6 is 28.6 Å². The first-order valence-electron chi connectivity index (χ1n) is 5.85. The Balaban J connectivity index is 0.00000162. The predicted molar refractivity (Wildman–Crippen MR) is 75.7 cm³/mol. The van der Waals surface area contributed by atoms with E-state index in [4.69, 9.17) is 11.6 Å². The number of likely N-dealkylation sites (N-methyl/N-ethyl adjacent to an activating group) is 1. The van der Waals surface area contributed by atoms with Crippen molar-refractivity contribution in [3.05, 3.63) is 11.1 Å². The zero-order chi connectivity index (χ0) is 12.6. The lowest BCUT2D eigenvalue weighted by Crippen LogP contribution is -2.36. The fourth-order valence-electron chi connectivity index (χ4n) is 2.42. The number of carbonyl (C=O) groups is 2. The quantitative estimate of drug-likeness (QED) is 0.735. The summed E-state index contributed by atoms with van der Waals surface area (Å²) in [4.78, 5) is 27.6. The summed E-state index contributed by atoms with van der Waals surface area (Å²) in [6.45, 7) is 1.19. The Kier molecular flexibility index (Phi) is 5.37. The van der Waals surface area contributed by atoms with Gasteiger partial charge in [0.25, 0.3) is 0 Å². The molecule has 2 unspecified atom stereocenters. The molecule has 1 aliphatic heterocycles. The Labute approximate surface area is 123 Å². The summed E-state index contributed by atoms with van der Waals surface area (Å²) < 4.78 is 0. The molecule has 0 N–H and O–H groups in total. The molecule has 0 bridgehead atoms. The number of nitrogens with zero attached hydrogens (tertiary/aromatic N) is 2. The van der Waals surface area contributed by atoms with Gasteiger partial charge in [-0.05, 0) is 26.9 Å². The van der Waals surface area contributed by atoms with Crippen LogP contribution in [-0.2, 0) is 9.59 Å². The number of likely N-dealkylation sites (tertiary alicyclic amines) is 1. The lowest BCUT2D eigenvalue weighted by Gasteiger charge is -2.17. The highest BCUT2D eigenvalue weighted by Crippen LogP contribution is 2.38. The summed E-state index contributed by atoms with van der Waals surface area (Å²) in [7, 11) is 3.85. The molecular formula is C12H18BrClN2O2. The molecule has 6 heteroatoms. The fourth-order valence-corrected chi connectivity index (χ4v) is 2.67. The number of imide groups is 1. The van der Waals surface area contributed by atoms with Gasteiger partial charge in [0.05, 0.1) is 11.8 Å². The molecule has 1 heterocycles. The fraction of sp³-hybridized carbons (Fsp3) is 0.667. The van der Waals surface area contributed by atoms with Crippen molar-refractivity contribution in [3.63, 3.8) is 0 Å². The Hall–Kier alpha value is -0.390. The molecule has 2 aliphatic rings. The van der Waals surface area contributed by atoms with Gasteiger partial charge in [-0.25, -0.2) is 0 Å². The molecule has 4 nitrogen and oxygen atoms in total. The van der Waals surface area contributed by atoms with E-state index in [1.165, 1.54) is 4.90 Å². The van der Waals surface area contributed by atoms with E-state index in [0.717, 1.165) is 0 Å². The van der Waals surface area contributed by atoms with Crippen molar-refractivity contribution in [2.45, 2.75) is 12.8 Å². The second-order valence-electron chi connectivity index (χ2n) is 4.94. The van der Waals surface area contributed by atoms with Crippen molar-refractivity contribution in [2.24, 2.45) is 11.8 Å². The topological polar surface area (TPSA) is 40.6 Å². The molecule has 102 valence electrons. The van der Waals surface area contributed by atoms with Gasteiger partial charge in [-0.1, -0.05) is 17.7 Å². The molecular weight excluding hydrogens is 320 g/mol. The number of hydrogen-bond acceptors (Lipinski definition) is 3.